The molecule has 0 aromatic carbocycles. The van der Waals surface area contributed by atoms with Crippen molar-refractivity contribution in [3.63, 3.8) is 0 Å². The minimum atomic E-state index is -0.796. The number of urea groups is 1. The number of aliphatic carboxylic acids is 1. The second-order valence-corrected chi connectivity index (χ2v) is 6.08. The summed E-state index contributed by atoms with van der Waals surface area (Å²) in [4.78, 5) is 25.5. The van der Waals surface area contributed by atoms with Crippen LogP contribution < -0.4 is 5.32 Å². The average molecular weight is 300 g/mol. The van der Waals surface area contributed by atoms with Crippen molar-refractivity contribution in [3.8, 4) is 0 Å². The molecule has 0 spiro atoms. The second-order valence-electron chi connectivity index (χ2n) is 6.08. The van der Waals surface area contributed by atoms with Crippen molar-refractivity contribution >= 4 is 12.0 Å². The van der Waals surface area contributed by atoms with Gasteiger partial charge in [-0.2, -0.15) is 0 Å². The van der Waals surface area contributed by atoms with E-state index in [2.05, 4.69) is 5.32 Å². The Morgan fingerprint density at radius 2 is 1.90 bits per heavy atom. The van der Waals surface area contributed by atoms with Gasteiger partial charge in [0.15, 0.2) is 0 Å². The lowest BCUT2D eigenvalue weighted by molar-refractivity contribution is -0.150. The third kappa shape index (κ3) is 4.88. The molecular weight excluding hydrogens is 272 g/mol. The highest BCUT2D eigenvalue weighted by Crippen LogP contribution is 2.36. The van der Waals surface area contributed by atoms with Gasteiger partial charge in [0, 0.05) is 26.2 Å². The van der Waals surface area contributed by atoms with E-state index in [-0.39, 0.29) is 18.6 Å². The third-order valence-corrected chi connectivity index (χ3v) is 4.26. The number of hydrogen-bond acceptors (Lipinski definition) is 3. The Kier molecular flexibility index (Phi) is 6.95. The van der Waals surface area contributed by atoms with Crippen LogP contribution in [0.25, 0.3) is 0 Å². The topological polar surface area (TPSA) is 78.9 Å². The van der Waals surface area contributed by atoms with Gasteiger partial charge in [0.25, 0.3) is 0 Å². The molecule has 1 rings (SSSR count). The standard InChI is InChI=1S/C15H28N2O4/c1-12(2)17(9-10-21-3)14(20)16-11-15(13(18)19)7-5-4-6-8-15/h12H,4-11H2,1-3H3,(H,16,20)(H,18,19). The molecule has 2 N–H and O–H groups in total. The SMILES string of the molecule is COCCN(C(=O)NCC1(C(=O)O)CCCCC1)C(C)C. The van der Waals surface area contributed by atoms with Crippen LogP contribution in [0.1, 0.15) is 46.0 Å². The Bertz CT molecular complexity index is 352. The fourth-order valence-corrected chi connectivity index (χ4v) is 2.83. The lowest BCUT2D eigenvalue weighted by Crippen LogP contribution is -2.50. The maximum Gasteiger partial charge on any atom is 0.317 e. The number of carbonyl (C=O) groups excluding carboxylic acids is 1. The summed E-state index contributed by atoms with van der Waals surface area (Å²) in [6, 6.07) is -0.166. The maximum absolute atomic E-state index is 12.3. The van der Waals surface area contributed by atoms with E-state index >= 15 is 0 Å². The summed E-state index contributed by atoms with van der Waals surface area (Å²) in [5.74, 6) is -0.796. The summed E-state index contributed by atoms with van der Waals surface area (Å²) in [6.45, 7) is 5.04. The molecule has 0 unspecified atom stereocenters. The number of methoxy groups -OCH3 is 1. The molecule has 1 fully saturated rings. The number of carboxylic acid groups (broad SMARTS) is 1. The van der Waals surface area contributed by atoms with Gasteiger partial charge in [-0.3, -0.25) is 4.79 Å². The molecule has 0 saturated heterocycles. The van der Waals surface area contributed by atoms with Crippen molar-refractivity contribution in [1.29, 1.82) is 0 Å². The highest BCUT2D eigenvalue weighted by atomic mass is 16.5. The van der Waals surface area contributed by atoms with Crippen molar-refractivity contribution in [1.82, 2.24) is 10.2 Å². The van der Waals surface area contributed by atoms with Gasteiger partial charge in [0.2, 0.25) is 0 Å². The van der Waals surface area contributed by atoms with Crippen LogP contribution in [0.3, 0.4) is 0 Å². The molecular formula is C15H28N2O4. The molecule has 6 nitrogen and oxygen atoms in total. The fraction of sp³-hybridized carbons (Fsp3) is 0.867. The van der Waals surface area contributed by atoms with Crippen molar-refractivity contribution < 1.29 is 19.4 Å². The van der Waals surface area contributed by atoms with Crippen molar-refractivity contribution in [2.75, 3.05) is 26.8 Å². The zero-order chi connectivity index (χ0) is 15.9. The monoisotopic (exact) mass is 300 g/mol. The van der Waals surface area contributed by atoms with E-state index in [0.717, 1.165) is 19.3 Å². The Hall–Kier alpha value is -1.30. The normalized spacial score (nSPS) is 17.5. The third-order valence-electron chi connectivity index (χ3n) is 4.26. The molecule has 0 aromatic rings. The smallest absolute Gasteiger partial charge is 0.317 e. The average Bonchev–Trinajstić information content (AvgIpc) is 2.46. The van der Waals surface area contributed by atoms with Crippen molar-refractivity contribution in [2.45, 2.75) is 52.0 Å². The van der Waals surface area contributed by atoms with Crippen LogP contribution in [0.15, 0.2) is 0 Å². The highest BCUT2D eigenvalue weighted by molar-refractivity contribution is 5.78. The number of hydrogen-bond donors (Lipinski definition) is 2. The van der Waals surface area contributed by atoms with Crippen LogP contribution in [-0.2, 0) is 9.53 Å². The predicted octanol–water partition coefficient (Wildman–Crippen LogP) is 2.09. The van der Waals surface area contributed by atoms with E-state index in [1.165, 1.54) is 0 Å². The van der Waals surface area contributed by atoms with E-state index in [4.69, 9.17) is 4.74 Å². The minimum Gasteiger partial charge on any atom is -0.481 e. The second kappa shape index (κ2) is 8.22. The summed E-state index contributed by atoms with van der Waals surface area (Å²) in [7, 11) is 1.60. The molecule has 0 aliphatic heterocycles. The van der Waals surface area contributed by atoms with Crippen LogP contribution in [0, 0.1) is 5.41 Å². The molecule has 1 aliphatic carbocycles. The summed E-state index contributed by atoms with van der Waals surface area (Å²) in [5.41, 5.74) is -0.794. The van der Waals surface area contributed by atoms with Gasteiger partial charge in [-0.1, -0.05) is 19.3 Å². The van der Waals surface area contributed by atoms with Gasteiger partial charge in [0.1, 0.15) is 0 Å². The number of rotatable bonds is 7. The van der Waals surface area contributed by atoms with E-state index in [1.807, 2.05) is 13.8 Å². The Labute approximate surface area is 126 Å². The zero-order valence-corrected chi connectivity index (χ0v) is 13.4. The van der Waals surface area contributed by atoms with Gasteiger partial charge in [-0.25, -0.2) is 4.79 Å². The maximum atomic E-state index is 12.3. The Morgan fingerprint density at radius 3 is 2.38 bits per heavy atom. The quantitative estimate of drug-likeness (QED) is 0.754. The molecule has 6 heteroatoms. The first-order chi connectivity index (χ1) is 9.93. The highest BCUT2D eigenvalue weighted by Gasteiger charge is 2.40. The summed E-state index contributed by atoms with van der Waals surface area (Å²) >= 11 is 0. The van der Waals surface area contributed by atoms with Crippen LogP contribution in [0.5, 0.6) is 0 Å². The first-order valence-electron chi connectivity index (χ1n) is 7.70. The number of nitrogens with one attached hydrogen (secondary N) is 1. The van der Waals surface area contributed by atoms with Crippen LogP contribution in [-0.4, -0.2) is 54.9 Å². The first-order valence-corrected chi connectivity index (χ1v) is 7.70. The van der Waals surface area contributed by atoms with Crippen molar-refractivity contribution in [2.24, 2.45) is 5.41 Å². The fourth-order valence-electron chi connectivity index (χ4n) is 2.83. The molecule has 0 aromatic heterocycles. The molecule has 1 saturated carbocycles. The van der Waals surface area contributed by atoms with E-state index < -0.39 is 11.4 Å². The summed E-state index contributed by atoms with van der Waals surface area (Å²) in [5, 5.41) is 12.3. The number of nitrogens with zero attached hydrogens (tertiary/aromatic N) is 1. The molecule has 0 bridgehead atoms. The number of carbonyl (C=O) groups is 2. The first kappa shape index (κ1) is 17.8. The van der Waals surface area contributed by atoms with Gasteiger partial charge in [0.05, 0.1) is 12.0 Å². The summed E-state index contributed by atoms with van der Waals surface area (Å²) < 4.78 is 5.01. The lowest BCUT2D eigenvalue weighted by atomic mass is 9.74. The lowest BCUT2D eigenvalue weighted by Gasteiger charge is -2.34. The Morgan fingerprint density at radius 1 is 1.29 bits per heavy atom. The van der Waals surface area contributed by atoms with Gasteiger partial charge >= 0.3 is 12.0 Å². The largest absolute Gasteiger partial charge is 0.481 e. The molecule has 0 atom stereocenters. The molecule has 0 radical (unpaired) electrons. The molecule has 0 heterocycles. The van der Waals surface area contributed by atoms with Crippen LogP contribution in [0.4, 0.5) is 4.79 Å². The molecule has 21 heavy (non-hydrogen) atoms. The number of ether oxygens (including phenoxy) is 1. The van der Waals surface area contributed by atoms with Crippen LogP contribution >= 0.6 is 0 Å². The number of amides is 2. The molecule has 1 aliphatic rings. The van der Waals surface area contributed by atoms with E-state index in [9.17, 15) is 14.7 Å². The number of carboxylic acids is 1. The minimum absolute atomic E-state index is 0.0484. The van der Waals surface area contributed by atoms with Crippen molar-refractivity contribution in [3.05, 3.63) is 0 Å². The van der Waals surface area contributed by atoms with Gasteiger partial charge < -0.3 is 20.1 Å². The van der Waals surface area contributed by atoms with E-state index in [0.29, 0.717) is 26.0 Å². The van der Waals surface area contributed by atoms with Gasteiger partial charge in [-0.05, 0) is 26.7 Å². The Balaban J connectivity index is 2.61. The predicted molar refractivity (Wildman–Crippen MR) is 80.3 cm³/mol. The van der Waals surface area contributed by atoms with Gasteiger partial charge in [-0.15, -0.1) is 0 Å². The zero-order valence-electron chi connectivity index (χ0n) is 13.4. The summed E-state index contributed by atoms with van der Waals surface area (Å²) in [6.07, 6.45) is 4.19. The van der Waals surface area contributed by atoms with Crippen LogP contribution in [0.2, 0.25) is 0 Å². The molecule has 2 amide bonds. The van der Waals surface area contributed by atoms with E-state index in [1.54, 1.807) is 12.0 Å². The molecule has 122 valence electrons.